The number of likely N-dealkylation sites (tertiary alicyclic amines) is 1. The summed E-state index contributed by atoms with van der Waals surface area (Å²) in [6, 6.07) is -0.813. The summed E-state index contributed by atoms with van der Waals surface area (Å²) in [5.74, 6) is -1.40. The zero-order valence-electron chi connectivity index (χ0n) is 14.2. The van der Waals surface area contributed by atoms with Crippen LogP contribution in [0.3, 0.4) is 0 Å². The van der Waals surface area contributed by atoms with E-state index in [4.69, 9.17) is 0 Å². The monoisotopic (exact) mass is 359 g/mol. The summed E-state index contributed by atoms with van der Waals surface area (Å²) in [7, 11) is 0. The quantitative estimate of drug-likeness (QED) is 0.663. The molecule has 0 saturated carbocycles. The molecule has 2 aliphatic carbocycles. The number of aromatic nitrogens is 1. The van der Waals surface area contributed by atoms with Crippen LogP contribution in [-0.2, 0) is 27.2 Å². The molecule has 25 heavy (non-hydrogen) atoms. The van der Waals surface area contributed by atoms with Gasteiger partial charge in [0.05, 0.1) is 17.5 Å². The molecule has 0 radical (unpaired) electrons. The number of carbonyl (C=O) groups excluding carboxylic acids is 3. The molecule has 1 saturated heterocycles. The van der Waals surface area contributed by atoms with Crippen molar-refractivity contribution in [3.8, 4) is 0 Å². The minimum atomic E-state index is -0.813. The Kier molecular flexibility index (Phi) is 4.19. The van der Waals surface area contributed by atoms with Crippen molar-refractivity contribution in [1.29, 1.82) is 0 Å². The Labute approximate surface area is 150 Å². The number of fused-ring (bicyclic) bond motifs is 2. The Morgan fingerprint density at radius 3 is 2.48 bits per heavy atom. The fraction of sp³-hybridized carbons (Fsp3) is 0.556. The maximum Gasteiger partial charge on any atom is 0.249 e. The molecule has 0 unspecified atom stereocenters. The zero-order valence-corrected chi connectivity index (χ0v) is 15.0. The van der Waals surface area contributed by atoms with Gasteiger partial charge in [0.1, 0.15) is 6.04 Å². The molecule has 1 N–H and O–H groups in total. The van der Waals surface area contributed by atoms with Gasteiger partial charge in [-0.1, -0.05) is 12.2 Å². The van der Waals surface area contributed by atoms with E-state index in [0.717, 1.165) is 36.3 Å². The minimum absolute atomic E-state index is 0.222. The summed E-state index contributed by atoms with van der Waals surface area (Å²) in [5, 5.41) is 3.38. The van der Waals surface area contributed by atoms with E-state index in [2.05, 4.69) is 10.3 Å². The lowest BCUT2D eigenvalue weighted by atomic mass is 9.85. The highest BCUT2D eigenvalue weighted by atomic mass is 32.1. The second-order valence-electron chi connectivity index (χ2n) is 6.96. The van der Waals surface area contributed by atoms with Gasteiger partial charge < -0.3 is 5.32 Å². The van der Waals surface area contributed by atoms with Gasteiger partial charge in [0.2, 0.25) is 17.7 Å². The first-order chi connectivity index (χ1) is 12.1. The number of allylic oxidation sites excluding steroid dienone is 2. The number of nitrogens with one attached hydrogen (secondary N) is 1. The predicted octanol–water partition coefficient (Wildman–Crippen LogP) is 2.30. The molecule has 1 aromatic heterocycles. The third kappa shape index (κ3) is 2.80. The van der Waals surface area contributed by atoms with Crippen LogP contribution in [0.25, 0.3) is 0 Å². The number of carbonyl (C=O) groups is 3. The maximum absolute atomic E-state index is 12.6. The molecule has 7 heteroatoms. The van der Waals surface area contributed by atoms with E-state index in [1.807, 2.05) is 12.2 Å². The van der Waals surface area contributed by atoms with Crippen LogP contribution in [-0.4, -0.2) is 33.6 Å². The van der Waals surface area contributed by atoms with Crippen molar-refractivity contribution < 1.29 is 14.4 Å². The van der Waals surface area contributed by atoms with Gasteiger partial charge in [-0.25, -0.2) is 4.98 Å². The number of thiazole rings is 1. The molecular formula is C18H21N3O3S. The van der Waals surface area contributed by atoms with E-state index in [-0.39, 0.29) is 29.6 Å². The number of imide groups is 1. The lowest BCUT2D eigenvalue weighted by molar-refractivity contribution is -0.146. The first-order valence-corrected chi connectivity index (χ1v) is 9.69. The molecule has 0 spiro atoms. The molecule has 1 aliphatic heterocycles. The summed E-state index contributed by atoms with van der Waals surface area (Å²) in [4.78, 5) is 44.7. The van der Waals surface area contributed by atoms with Gasteiger partial charge >= 0.3 is 0 Å². The number of anilines is 1. The van der Waals surface area contributed by atoms with Crippen molar-refractivity contribution in [1.82, 2.24) is 9.88 Å². The molecule has 132 valence electrons. The Bertz CT molecular complexity index is 720. The van der Waals surface area contributed by atoms with E-state index in [1.165, 1.54) is 16.2 Å². The SMILES string of the molecule is C[C@@H](C(=O)Nc1nc2c(s1)CCCC2)N1C(=O)[C@H]2CC=CC[C@H]2C1=O. The molecule has 1 aromatic rings. The summed E-state index contributed by atoms with van der Waals surface area (Å²) >= 11 is 1.50. The fourth-order valence-corrected chi connectivity index (χ4v) is 4.99. The fourth-order valence-electron chi connectivity index (χ4n) is 3.94. The second-order valence-corrected chi connectivity index (χ2v) is 8.05. The average molecular weight is 359 g/mol. The third-order valence-electron chi connectivity index (χ3n) is 5.38. The van der Waals surface area contributed by atoms with Crippen molar-refractivity contribution in [2.75, 3.05) is 5.32 Å². The third-order valence-corrected chi connectivity index (χ3v) is 6.46. The molecule has 3 aliphatic rings. The maximum atomic E-state index is 12.6. The molecule has 3 amide bonds. The lowest BCUT2D eigenvalue weighted by Gasteiger charge is -2.21. The predicted molar refractivity (Wildman–Crippen MR) is 94.1 cm³/mol. The van der Waals surface area contributed by atoms with Gasteiger partial charge in [0.25, 0.3) is 0 Å². The van der Waals surface area contributed by atoms with Gasteiger partial charge in [-0.05, 0) is 45.4 Å². The van der Waals surface area contributed by atoms with Crippen LogP contribution in [0.4, 0.5) is 5.13 Å². The van der Waals surface area contributed by atoms with Gasteiger partial charge in [-0.3, -0.25) is 19.3 Å². The molecule has 4 rings (SSSR count). The van der Waals surface area contributed by atoms with E-state index < -0.39 is 6.04 Å². The summed E-state index contributed by atoms with van der Waals surface area (Å²) in [6.07, 6.45) is 9.31. The van der Waals surface area contributed by atoms with Crippen LogP contribution in [0, 0.1) is 11.8 Å². The molecule has 1 fully saturated rings. The summed E-state index contributed by atoms with van der Waals surface area (Å²) < 4.78 is 0. The first kappa shape index (κ1) is 16.4. The van der Waals surface area contributed by atoms with E-state index in [1.54, 1.807) is 6.92 Å². The van der Waals surface area contributed by atoms with Crippen LogP contribution in [0.15, 0.2) is 12.2 Å². The molecule has 3 atom stereocenters. The van der Waals surface area contributed by atoms with E-state index in [0.29, 0.717) is 18.0 Å². The van der Waals surface area contributed by atoms with Crippen molar-refractivity contribution >= 4 is 34.2 Å². The van der Waals surface area contributed by atoms with E-state index >= 15 is 0 Å². The highest BCUT2D eigenvalue weighted by molar-refractivity contribution is 7.15. The Morgan fingerprint density at radius 2 is 1.84 bits per heavy atom. The van der Waals surface area contributed by atoms with Crippen LogP contribution in [0.2, 0.25) is 0 Å². The van der Waals surface area contributed by atoms with Crippen LogP contribution in [0.5, 0.6) is 0 Å². The number of rotatable bonds is 3. The van der Waals surface area contributed by atoms with Gasteiger partial charge in [0.15, 0.2) is 5.13 Å². The number of aryl methyl sites for hydroxylation is 2. The number of amides is 3. The number of nitrogens with zero attached hydrogens (tertiary/aromatic N) is 2. The lowest BCUT2D eigenvalue weighted by Crippen LogP contribution is -2.46. The summed E-state index contributed by atoms with van der Waals surface area (Å²) in [5.41, 5.74) is 1.07. The minimum Gasteiger partial charge on any atom is -0.300 e. The van der Waals surface area contributed by atoms with Gasteiger partial charge in [-0.2, -0.15) is 0 Å². The van der Waals surface area contributed by atoms with E-state index in [9.17, 15) is 14.4 Å². The smallest absolute Gasteiger partial charge is 0.249 e. The van der Waals surface area contributed by atoms with Crippen LogP contribution < -0.4 is 5.32 Å². The highest BCUT2D eigenvalue weighted by Gasteiger charge is 2.50. The first-order valence-electron chi connectivity index (χ1n) is 8.87. The molecule has 6 nitrogen and oxygen atoms in total. The van der Waals surface area contributed by atoms with Crippen molar-refractivity contribution in [2.24, 2.45) is 11.8 Å². The van der Waals surface area contributed by atoms with Crippen molar-refractivity contribution in [3.63, 3.8) is 0 Å². The number of hydrogen-bond donors (Lipinski definition) is 1. The van der Waals surface area contributed by atoms with Gasteiger partial charge in [-0.15, -0.1) is 11.3 Å². The average Bonchev–Trinajstić information content (AvgIpc) is 3.13. The Balaban J connectivity index is 1.48. The van der Waals surface area contributed by atoms with Gasteiger partial charge in [0, 0.05) is 4.88 Å². The van der Waals surface area contributed by atoms with Crippen molar-refractivity contribution in [2.45, 2.75) is 51.5 Å². The Morgan fingerprint density at radius 1 is 1.20 bits per heavy atom. The Hall–Kier alpha value is -2.02. The van der Waals surface area contributed by atoms with Crippen molar-refractivity contribution in [3.05, 3.63) is 22.7 Å². The molecule has 0 aromatic carbocycles. The van der Waals surface area contributed by atoms with Crippen LogP contribution >= 0.6 is 11.3 Å². The zero-order chi connectivity index (χ0) is 17.6. The standard InChI is InChI=1S/C18H21N3O3S/c1-10(21-16(23)11-6-2-3-7-12(11)17(21)24)15(22)20-18-19-13-8-4-5-9-14(13)25-18/h2-3,10-12H,4-9H2,1H3,(H,19,20,22)/t10-,11-,12+/m0/s1. The highest BCUT2D eigenvalue weighted by Crippen LogP contribution is 2.36. The normalized spacial score (nSPS) is 26.4. The number of hydrogen-bond acceptors (Lipinski definition) is 5. The summed E-state index contributed by atoms with van der Waals surface area (Å²) in [6.45, 7) is 1.61. The molecule has 2 heterocycles. The van der Waals surface area contributed by atoms with Crippen LogP contribution in [0.1, 0.15) is 43.2 Å². The topological polar surface area (TPSA) is 79.4 Å². The second kappa shape index (κ2) is 6.37. The largest absolute Gasteiger partial charge is 0.300 e. The molecule has 0 bridgehead atoms. The molecular weight excluding hydrogens is 338 g/mol.